The second-order valence-corrected chi connectivity index (χ2v) is 7.82. The van der Waals surface area contributed by atoms with Gasteiger partial charge >= 0.3 is 0 Å². The molecule has 1 atom stereocenters. The molecule has 2 aromatic carbocycles. The largest absolute Gasteiger partial charge is 0.493 e. The van der Waals surface area contributed by atoms with Crippen LogP contribution in [0.25, 0.3) is 0 Å². The molecule has 8 nitrogen and oxygen atoms in total. The summed E-state index contributed by atoms with van der Waals surface area (Å²) in [6.07, 6.45) is 0.622. The highest BCUT2D eigenvalue weighted by Gasteiger charge is 2.27. The van der Waals surface area contributed by atoms with Gasteiger partial charge in [-0.05, 0) is 24.3 Å². The number of nitro groups is 1. The summed E-state index contributed by atoms with van der Waals surface area (Å²) in [4.78, 5) is 26.0. The molecule has 152 valence electrons. The number of nitro benzene ring substituents is 1. The van der Waals surface area contributed by atoms with Crippen LogP contribution in [0.4, 0.5) is 11.4 Å². The lowest BCUT2D eigenvalue weighted by Gasteiger charge is -2.31. The molecule has 0 aliphatic carbocycles. The average molecular weight is 462 g/mol. The number of anilines is 1. The maximum absolute atomic E-state index is 13.2. The van der Waals surface area contributed by atoms with E-state index >= 15 is 0 Å². The molecule has 1 fully saturated rings. The van der Waals surface area contributed by atoms with E-state index in [1.54, 1.807) is 6.07 Å². The summed E-state index contributed by atoms with van der Waals surface area (Å²) < 4.78 is 12.0. The van der Waals surface area contributed by atoms with Gasteiger partial charge in [0.25, 0.3) is 11.6 Å². The fraction of sp³-hybridized carbons (Fsp3) is 0.350. The Kier molecular flexibility index (Phi) is 5.68. The number of carbonyl (C=O) groups excluding carboxylic acids is 1. The van der Waals surface area contributed by atoms with E-state index in [4.69, 9.17) is 9.47 Å². The minimum atomic E-state index is -0.485. The molecule has 0 aromatic heterocycles. The lowest BCUT2D eigenvalue weighted by molar-refractivity contribution is -0.384. The minimum Gasteiger partial charge on any atom is -0.493 e. The highest BCUT2D eigenvalue weighted by atomic mass is 79.9. The molecule has 0 spiro atoms. The van der Waals surface area contributed by atoms with Crippen LogP contribution in [0.1, 0.15) is 28.4 Å². The van der Waals surface area contributed by atoms with Gasteiger partial charge in [-0.15, -0.1) is 0 Å². The second kappa shape index (κ2) is 8.38. The Morgan fingerprint density at radius 3 is 2.72 bits per heavy atom. The molecule has 0 bridgehead atoms. The molecule has 4 rings (SSSR count). The number of non-ortho nitro benzene ring substituents is 1. The summed E-state index contributed by atoms with van der Waals surface area (Å²) in [5, 5.41) is 14.3. The van der Waals surface area contributed by atoms with E-state index in [0.29, 0.717) is 50.6 Å². The van der Waals surface area contributed by atoms with Crippen LogP contribution < -0.4 is 15.0 Å². The van der Waals surface area contributed by atoms with E-state index in [-0.39, 0.29) is 17.6 Å². The van der Waals surface area contributed by atoms with E-state index in [0.717, 1.165) is 15.8 Å². The molecule has 9 heteroatoms. The number of hydrogen-bond acceptors (Lipinski definition) is 6. The van der Waals surface area contributed by atoms with Gasteiger partial charge in [0.1, 0.15) is 5.75 Å². The smallest absolute Gasteiger partial charge is 0.270 e. The van der Waals surface area contributed by atoms with Crippen molar-refractivity contribution in [1.29, 1.82) is 0 Å². The van der Waals surface area contributed by atoms with Crippen LogP contribution in [0.2, 0.25) is 0 Å². The van der Waals surface area contributed by atoms with E-state index in [1.807, 2.05) is 23.1 Å². The predicted molar refractivity (Wildman–Crippen MR) is 111 cm³/mol. The average Bonchev–Trinajstić information content (AvgIpc) is 2.74. The molecule has 2 heterocycles. The quantitative estimate of drug-likeness (QED) is 0.553. The maximum Gasteiger partial charge on any atom is 0.270 e. The number of amides is 1. The number of carbonyl (C=O) groups is 1. The standard InChI is InChI=1S/C20H20BrN3O5/c21-13-1-4-19-15(11-13)17(5-8-29-19)22-20(25)16-12-14(24(26)27)2-3-18(16)23-6-9-28-10-7-23/h1-4,11-12,17H,5-10H2,(H,22,25). The number of morpholine rings is 1. The number of nitrogens with one attached hydrogen (secondary N) is 1. The van der Waals surface area contributed by atoms with Crippen LogP contribution >= 0.6 is 15.9 Å². The fourth-order valence-corrected chi connectivity index (χ4v) is 4.03. The molecule has 1 saturated heterocycles. The first-order chi connectivity index (χ1) is 14.0. The van der Waals surface area contributed by atoms with E-state index in [1.165, 1.54) is 12.1 Å². The lowest BCUT2D eigenvalue weighted by atomic mass is 9.99. The molecular formula is C20H20BrN3O5. The SMILES string of the molecule is O=C(NC1CCOc2ccc(Br)cc21)c1cc([N+](=O)[O-])ccc1N1CCOCC1. The first-order valence-electron chi connectivity index (χ1n) is 9.37. The summed E-state index contributed by atoms with van der Waals surface area (Å²) in [6, 6.07) is 9.87. The summed E-state index contributed by atoms with van der Waals surface area (Å²) in [5.41, 5.74) is 1.75. The zero-order chi connectivity index (χ0) is 20.4. The fourth-order valence-electron chi connectivity index (χ4n) is 3.65. The summed E-state index contributed by atoms with van der Waals surface area (Å²) >= 11 is 3.46. The first kappa shape index (κ1) is 19.7. The molecule has 2 aliphatic heterocycles. The Hall–Kier alpha value is -2.65. The summed E-state index contributed by atoms with van der Waals surface area (Å²) in [6.45, 7) is 2.86. The Morgan fingerprint density at radius 1 is 1.17 bits per heavy atom. The lowest BCUT2D eigenvalue weighted by Crippen LogP contribution is -2.38. The van der Waals surface area contributed by atoms with Gasteiger partial charge in [0.15, 0.2) is 0 Å². The van der Waals surface area contributed by atoms with Crippen LogP contribution in [0.15, 0.2) is 40.9 Å². The third kappa shape index (κ3) is 4.20. The molecule has 2 aromatic rings. The Balaban J connectivity index is 1.65. The van der Waals surface area contributed by atoms with Crippen LogP contribution in [-0.4, -0.2) is 43.7 Å². The normalized spacial score (nSPS) is 18.5. The Morgan fingerprint density at radius 2 is 1.97 bits per heavy atom. The predicted octanol–water partition coefficient (Wildman–Crippen LogP) is 3.45. The van der Waals surface area contributed by atoms with Gasteiger partial charge in [0.05, 0.1) is 42.0 Å². The van der Waals surface area contributed by atoms with E-state index < -0.39 is 4.92 Å². The van der Waals surface area contributed by atoms with E-state index in [2.05, 4.69) is 21.2 Å². The zero-order valence-corrected chi connectivity index (χ0v) is 17.2. The van der Waals surface area contributed by atoms with Gasteiger partial charge in [-0.2, -0.15) is 0 Å². The van der Waals surface area contributed by atoms with Gasteiger partial charge in [-0.1, -0.05) is 15.9 Å². The zero-order valence-electron chi connectivity index (χ0n) is 15.6. The molecule has 0 saturated carbocycles. The van der Waals surface area contributed by atoms with Gasteiger partial charge < -0.3 is 19.7 Å². The van der Waals surface area contributed by atoms with Crippen molar-refractivity contribution < 1.29 is 19.2 Å². The Labute approximate surface area is 176 Å². The maximum atomic E-state index is 13.2. The van der Waals surface area contributed by atoms with Gasteiger partial charge in [-0.3, -0.25) is 14.9 Å². The van der Waals surface area contributed by atoms with Crippen molar-refractivity contribution in [3.8, 4) is 5.75 Å². The van der Waals surface area contributed by atoms with E-state index in [9.17, 15) is 14.9 Å². The van der Waals surface area contributed by atoms with Crippen molar-refractivity contribution in [2.45, 2.75) is 12.5 Å². The minimum absolute atomic E-state index is 0.109. The first-order valence-corrected chi connectivity index (χ1v) is 10.2. The third-order valence-electron chi connectivity index (χ3n) is 5.10. The van der Waals surface area contributed by atoms with Crippen molar-refractivity contribution in [3.05, 3.63) is 62.1 Å². The van der Waals surface area contributed by atoms with Gasteiger partial charge in [0, 0.05) is 41.7 Å². The number of ether oxygens (including phenoxy) is 2. The molecular weight excluding hydrogens is 442 g/mol. The van der Waals surface area contributed by atoms with Crippen LogP contribution in [0, 0.1) is 10.1 Å². The van der Waals surface area contributed by atoms with Crippen LogP contribution in [-0.2, 0) is 4.74 Å². The molecule has 1 N–H and O–H groups in total. The summed E-state index contributed by atoms with van der Waals surface area (Å²) in [5.74, 6) is 0.394. The van der Waals surface area contributed by atoms with Crippen LogP contribution in [0.3, 0.4) is 0 Å². The van der Waals surface area contributed by atoms with Crippen molar-refractivity contribution in [1.82, 2.24) is 5.32 Å². The van der Waals surface area contributed by atoms with Crippen LogP contribution in [0.5, 0.6) is 5.75 Å². The number of nitrogens with zero attached hydrogens (tertiary/aromatic N) is 2. The highest BCUT2D eigenvalue weighted by molar-refractivity contribution is 9.10. The van der Waals surface area contributed by atoms with Crippen molar-refractivity contribution in [2.24, 2.45) is 0 Å². The highest BCUT2D eigenvalue weighted by Crippen LogP contribution is 2.35. The molecule has 1 unspecified atom stereocenters. The molecule has 2 aliphatic rings. The monoisotopic (exact) mass is 461 g/mol. The van der Waals surface area contributed by atoms with Crippen molar-refractivity contribution in [3.63, 3.8) is 0 Å². The topological polar surface area (TPSA) is 93.9 Å². The Bertz CT molecular complexity index is 946. The number of hydrogen-bond donors (Lipinski definition) is 1. The van der Waals surface area contributed by atoms with Crippen molar-refractivity contribution >= 4 is 33.2 Å². The molecule has 0 radical (unpaired) electrons. The molecule has 29 heavy (non-hydrogen) atoms. The van der Waals surface area contributed by atoms with Gasteiger partial charge in [0.2, 0.25) is 0 Å². The van der Waals surface area contributed by atoms with Gasteiger partial charge in [-0.25, -0.2) is 0 Å². The number of fused-ring (bicyclic) bond motifs is 1. The number of halogens is 1. The second-order valence-electron chi connectivity index (χ2n) is 6.90. The third-order valence-corrected chi connectivity index (χ3v) is 5.60. The molecule has 1 amide bonds. The van der Waals surface area contributed by atoms with Crippen molar-refractivity contribution in [2.75, 3.05) is 37.8 Å². The summed E-state index contributed by atoms with van der Waals surface area (Å²) in [7, 11) is 0. The number of benzene rings is 2. The number of rotatable bonds is 4.